The van der Waals surface area contributed by atoms with Gasteiger partial charge in [-0.3, -0.25) is 0 Å². The van der Waals surface area contributed by atoms with Gasteiger partial charge in [-0.1, -0.05) is 17.7 Å². The number of sulfonamides is 1. The fraction of sp³-hybridized carbons (Fsp3) is 0.167. The van der Waals surface area contributed by atoms with Crippen LogP contribution >= 0.6 is 22.9 Å². The maximum Gasteiger partial charge on any atom is 0.242 e. The van der Waals surface area contributed by atoms with Crippen LogP contribution in [0.2, 0.25) is 5.02 Å². The van der Waals surface area contributed by atoms with Gasteiger partial charge in [-0.15, -0.1) is 11.3 Å². The van der Waals surface area contributed by atoms with Crippen LogP contribution in [-0.2, 0) is 16.4 Å². The highest BCUT2D eigenvalue weighted by atomic mass is 35.5. The number of hydrogen-bond acceptors (Lipinski definition) is 4. The summed E-state index contributed by atoms with van der Waals surface area (Å²) < 4.78 is 26.7. The molecule has 0 aliphatic carbocycles. The molecule has 0 amide bonds. The molecule has 7 heteroatoms. The molecule has 4 nitrogen and oxygen atoms in total. The van der Waals surface area contributed by atoms with Crippen LogP contribution in [-0.4, -0.2) is 15.0 Å². The lowest BCUT2D eigenvalue weighted by Crippen LogP contribution is -2.26. The molecule has 0 radical (unpaired) electrons. The summed E-state index contributed by atoms with van der Waals surface area (Å²) in [6.07, 6.45) is 0.657. The second kappa shape index (κ2) is 5.92. The van der Waals surface area contributed by atoms with E-state index in [1.165, 1.54) is 18.2 Å². The second-order valence-electron chi connectivity index (χ2n) is 3.91. The molecule has 19 heavy (non-hydrogen) atoms. The largest absolute Gasteiger partial charge is 0.398 e. The molecular weight excluding hydrogens is 304 g/mol. The van der Waals surface area contributed by atoms with Crippen molar-refractivity contribution in [3.63, 3.8) is 0 Å². The smallest absolute Gasteiger partial charge is 0.242 e. The average Bonchev–Trinajstić information content (AvgIpc) is 2.81. The molecule has 0 atom stereocenters. The Kier molecular flexibility index (Phi) is 4.46. The summed E-state index contributed by atoms with van der Waals surface area (Å²) >= 11 is 7.34. The highest BCUT2D eigenvalue weighted by Gasteiger charge is 2.16. The van der Waals surface area contributed by atoms with Gasteiger partial charge in [-0.05, 0) is 36.1 Å². The van der Waals surface area contributed by atoms with E-state index >= 15 is 0 Å². The van der Waals surface area contributed by atoms with Crippen molar-refractivity contribution in [2.45, 2.75) is 11.3 Å². The van der Waals surface area contributed by atoms with E-state index in [1.54, 1.807) is 11.3 Å². The second-order valence-corrected chi connectivity index (χ2v) is 7.11. The van der Waals surface area contributed by atoms with Crippen molar-refractivity contribution in [2.75, 3.05) is 12.3 Å². The van der Waals surface area contributed by atoms with Gasteiger partial charge in [0.15, 0.2) is 0 Å². The Labute approximate surface area is 121 Å². The van der Waals surface area contributed by atoms with Crippen molar-refractivity contribution < 1.29 is 8.42 Å². The fourth-order valence-corrected chi connectivity index (χ4v) is 3.64. The number of anilines is 1. The van der Waals surface area contributed by atoms with Gasteiger partial charge in [-0.2, -0.15) is 0 Å². The van der Waals surface area contributed by atoms with Gasteiger partial charge in [0, 0.05) is 16.4 Å². The number of nitrogens with one attached hydrogen (secondary N) is 1. The molecule has 3 N–H and O–H groups in total. The van der Waals surface area contributed by atoms with Crippen LogP contribution in [0, 0.1) is 0 Å². The molecule has 0 aliphatic rings. The monoisotopic (exact) mass is 316 g/mol. The van der Waals surface area contributed by atoms with Crippen LogP contribution in [0.15, 0.2) is 40.6 Å². The predicted octanol–water partition coefficient (Wildman–Crippen LogP) is 2.50. The van der Waals surface area contributed by atoms with Crippen LogP contribution < -0.4 is 10.5 Å². The number of thiophene rings is 1. The predicted molar refractivity (Wildman–Crippen MR) is 79.1 cm³/mol. The minimum atomic E-state index is -3.59. The molecule has 0 aliphatic heterocycles. The van der Waals surface area contributed by atoms with Crippen molar-refractivity contribution in [3.05, 3.63) is 45.6 Å². The molecule has 0 saturated heterocycles. The highest BCUT2D eigenvalue weighted by Crippen LogP contribution is 2.22. The normalized spacial score (nSPS) is 11.6. The highest BCUT2D eigenvalue weighted by molar-refractivity contribution is 7.89. The molecule has 1 aromatic heterocycles. The fourth-order valence-electron chi connectivity index (χ4n) is 1.61. The van der Waals surface area contributed by atoms with E-state index in [0.29, 0.717) is 18.0 Å². The molecule has 0 saturated carbocycles. The summed E-state index contributed by atoms with van der Waals surface area (Å²) in [5.74, 6) is 0. The van der Waals surface area contributed by atoms with Crippen LogP contribution in [0.5, 0.6) is 0 Å². The van der Waals surface area contributed by atoms with Crippen molar-refractivity contribution in [1.29, 1.82) is 0 Å². The first kappa shape index (κ1) is 14.3. The summed E-state index contributed by atoms with van der Waals surface area (Å²) in [7, 11) is -3.59. The Morgan fingerprint density at radius 1 is 1.32 bits per heavy atom. The molecule has 1 heterocycles. The van der Waals surface area contributed by atoms with E-state index in [1.807, 2.05) is 17.5 Å². The van der Waals surface area contributed by atoms with Gasteiger partial charge >= 0.3 is 0 Å². The van der Waals surface area contributed by atoms with Crippen molar-refractivity contribution in [1.82, 2.24) is 4.72 Å². The zero-order chi connectivity index (χ0) is 13.9. The third-order valence-corrected chi connectivity index (χ3v) is 5.21. The number of nitrogens with two attached hydrogens (primary N) is 1. The molecule has 0 bridgehead atoms. The average molecular weight is 317 g/mol. The molecule has 2 rings (SSSR count). The van der Waals surface area contributed by atoms with E-state index in [9.17, 15) is 8.42 Å². The lowest BCUT2D eigenvalue weighted by molar-refractivity contribution is 0.582. The third-order valence-electron chi connectivity index (χ3n) is 2.50. The lowest BCUT2D eigenvalue weighted by Gasteiger charge is -2.08. The maximum absolute atomic E-state index is 12.1. The first-order chi connectivity index (χ1) is 8.99. The van der Waals surface area contributed by atoms with Crippen LogP contribution in [0.4, 0.5) is 5.69 Å². The Bertz CT molecular complexity index is 654. The molecule has 0 spiro atoms. The Balaban J connectivity index is 2.05. The number of rotatable bonds is 5. The third kappa shape index (κ3) is 3.70. The van der Waals surface area contributed by atoms with E-state index in [0.717, 1.165) is 4.88 Å². The van der Waals surface area contributed by atoms with Crippen molar-refractivity contribution in [3.8, 4) is 0 Å². The standard InChI is InChI=1S/C12H13ClN2O2S2/c13-9-3-4-12(11(14)8-9)19(16,17)15-6-5-10-2-1-7-18-10/h1-4,7-8,15H,5-6,14H2. The minimum Gasteiger partial charge on any atom is -0.398 e. The van der Waals surface area contributed by atoms with Gasteiger partial charge in [0.2, 0.25) is 10.0 Å². The van der Waals surface area contributed by atoms with Crippen molar-refractivity contribution >= 4 is 38.6 Å². The summed E-state index contributed by atoms with van der Waals surface area (Å²) in [5, 5.41) is 2.37. The zero-order valence-corrected chi connectivity index (χ0v) is 12.4. The topological polar surface area (TPSA) is 72.2 Å². The first-order valence-corrected chi connectivity index (χ1v) is 8.30. The Morgan fingerprint density at radius 3 is 2.74 bits per heavy atom. The first-order valence-electron chi connectivity index (χ1n) is 5.56. The number of halogens is 1. The van der Waals surface area contributed by atoms with Crippen LogP contribution in [0.25, 0.3) is 0 Å². The zero-order valence-electron chi connectivity index (χ0n) is 9.97. The van der Waals surface area contributed by atoms with Gasteiger partial charge in [0.25, 0.3) is 0 Å². The van der Waals surface area contributed by atoms with E-state index in [2.05, 4.69) is 4.72 Å². The summed E-state index contributed by atoms with van der Waals surface area (Å²) in [4.78, 5) is 1.19. The summed E-state index contributed by atoms with van der Waals surface area (Å²) in [5.41, 5.74) is 5.82. The summed E-state index contributed by atoms with van der Waals surface area (Å²) in [6.45, 7) is 0.338. The molecule has 0 unspecified atom stereocenters. The van der Waals surface area contributed by atoms with Crippen LogP contribution in [0.3, 0.4) is 0 Å². The van der Waals surface area contributed by atoms with E-state index < -0.39 is 10.0 Å². The molecule has 2 aromatic rings. The van der Waals surface area contributed by atoms with E-state index in [-0.39, 0.29) is 10.6 Å². The lowest BCUT2D eigenvalue weighted by atomic mass is 10.3. The van der Waals surface area contributed by atoms with E-state index in [4.69, 9.17) is 17.3 Å². The van der Waals surface area contributed by atoms with Gasteiger partial charge in [-0.25, -0.2) is 13.1 Å². The van der Waals surface area contributed by atoms with Gasteiger partial charge < -0.3 is 5.73 Å². The van der Waals surface area contributed by atoms with Crippen LogP contribution in [0.1, 0.15) is 4.88 Å². The quantitative estimate of drug-likeness (QED) is 0.832. The molecule has 102 valence electrons. The maximum atomic E-state index is 12.1. The van der Waals surface area contributed by atoms with Gasteiger partial charge in [0.05, 0.1) is 5.69 Å². The Morgan fingerprint density at radius 2 is 2.11 bits per heavy atom. The summed E-state index contributed by atoms with van der Waals surface area (Å²) in [6, 6.07) is 8.24. The number of benzene rings is 1. The molecular formula is C12H13ClN2O2S2. The van der Waals surface area contributed by atoms with Gasteiger partial charge in [0.1, 0.15) is 4.90 Å². The number of hydrogen-bond donors (Lipinski definition) is 2. The van der Waals surface area contributed by atoms with Crippen molar-refractivity contribution in [2.24, 2.45) is 0 Å². The molecule has 0 fully saturated rings. The number of nitrogen functional groups attached to an aromatic ring is 1. The minimum absolute atomic E-state index is 0.0584. The Hall–Kier alpha value is -1.08. The SMILES string of the molecule is Nc1cc(Cl)ccc1S(=O)(=O)NCCc1cccs1. The molecule has 1 aromatic carbocycles.